The van der Waals surface area contributed by atoms with E-state index >= 15 is 0 Å². The van der Waals surface area contributed by atoms with E-state index in [1.165, 1.54) is 23.6 Å². The van der Waals surface area contributed by atoms with Crippen molar-refractivity contribution < 1.29 is 9.66 Å². The fourth-order valence-electron chi connectivity index (χ4n) is 1.31. The van der Waals surface area contributed by atoms with Gasteiger partial charge in [0.25, 0.3) is 0 Å². The molecular weight excluding hydrogens is 322 g/mol. The second-order valence-electron chi connectivity index (χ2n) is 3.36. The molecular formula is C10H8BrN3O3S. The quantitative estimate of drug-likeness (QED) is 0.634. The molecule has 0 aliphatic carbocycles. The van der Waals surface area contributed by atoms with Crippen molar-refractivity contribution in [1.82, 2.24) is 9.97 Å². The zero-order valence-electron chi connectivity index (χ0n) is 9.24. The topological polar surface area (TPSA) is 78.2 Å². The number of ether oxygens (including phenoxy) is 1. The Labute approximate surface area is 115 Å². The molecule has 0 fully saturated rings. The second-order valence-corrected chi connectivity index (χ2v) is 5.20. The highest BCUT2D eigenvalue weighted by Gasteiger charge is 2.21. The molecule has 0 N–H and O–H groups in total. The summed E-state index contributed by atoms with van der Waals surface area (Å²) >= 11 is 4.64. The van der Waals surface area contributed by atoms with Crippen molar-refractivity contribution in [1.29, 1.82) is 0 Å². The second kappa shape index (κ2) is 5.40. The number of rotatable bonds is 4. The van der Waals surface area contributed by atoms with Crippen LogP contribution in [0.25, 0.3) is 0 Å². The fourth-order valence-corrected chi connectivity index (χ4v) is 2.25. The van der Waals surface area contributed by atoms with E-state index in [-0.39, 0.29) is 17.7 Å². The summed E-state index contributed by atoms with van der Waals surface area (Å²) in [5.74, 6) is -0.182. The van der Waals surface area contributed by atoms with Crippen molar-refractivity contribution >= 4 is 33.1 Å². The number of halogens is 1. The number of hydrogen-bond acceptors (Lipinski definition) is 6. The van der Waals surface area contributed by atoms with Crippen molar-refractivity contribution in [2.24, 2.45) is 0 Å². The number of hydrogen-bond donors (Lipinski definition) is 0. The molecule has 0 radical (unpaired) electrons. The molecule has 0 spiro atoms. The number of pyridine rings is 1. The van der Waals surface area contributed by atoms with Gasteiger partial charge >= 0.3 is 5.82 Å². The van der Waals surface area contributed by atoms with E-state index in [0.29, 0.717) is 4.47 Å². The smallest absolute Gasteiger partial charge is 0.406 e. The zero-order chi connectivity index (χ0) is 13.1. The lowest BCUT2D eigenvalue weighted by Crippen LogP contribution is -2.05. The predicted molar refractivity (Wildman–Crippen MR) is 69.7 cm³/mol. The maximum absolute atomic E-state index is 10.8. The fraction of sp³-hybridized carbons (Fsp3) is 0.200. The summed E-state index contributed by atoms with van der Waals surface area (Å²) in [6.45, 7) is 1.78. The Hall–Kier alpha value is -1.54. The molecule has 0 unspecified atom stereocenters. The molecule has 0 aliphatic heterocycles. The highest BCUT2D eigenvalue weighted by molar-refractivity contribution is 9.10. The van der Waals surface area contributed by atoms with E-state index in [1.54, 1.807) is 13.1 Å². The lowest BCUT2D eigenvalue weighted by atomic mass is 10.4. The summed E-state index contributed by atoms with van der Waals surface area (Å²) in [6, 6.07) is 1.52. The van der Waals surface area contributed by atoms with Crippen LogP contribution in [0, 0.1) is 10.1 Å². The molecule has 2 rings (SSSR count). The minimum absolute atomic E-state index is 0.122. The third-order valence-electron chi connectivity index (χ3n) is 2.08. The van der Waals surface area contributed by atoms with Crippen molar-refractivity contribution in [3.8, 4) is 5.75 Å². The molecule has 0 amide bonds. The summed E-state index contributed by atoms with van der Waals surface area (Å²) in [6.07, 6.45) is 2.66. The molecule has 2 aromatic rings. The molecule has 0 aliphatic rings. The first-order valence-electron chi connectivity index (χ1n) is 4.94. The summed E-state index contributed by atoms with van der Waals surface area (Å²) < 4.78 is 6.17. The van der Waals surface area contributed by atoms with Crippen molar-refractivity contribution in [2.75, 3.05) is 0 Å². The minimum Gasteiger partial charge on any atom is -0.475 e. The van der Waals surface area contributed by atoms with Gasteiger partial charge in [-0.25, -0.2) is 4.98 Å². The van der Waals surface area contributed by atoms with Crippen LogP contribution in [0.5, 0.6) is 5.75 Å². The molecule has 94 valence electrons. The molecule has 2 heterocycles. The molecule has 0 bridgehead atoms. The van der Waals surface area contributed by atoms with Crippen molar-refractivity contribution in [2.45, 2.75) is 13.0 Å². The van der Waals surface area contributed by atoms with Crippen LogP contribution in [-0.2, 0) is 0 Å². The van der Waals surface area contributed by atoms with Gasteiger partial charge in [-0.3, -0.25) is 0 Å². The van der Waals surface area contributed by atoms with Crippen LogP contribution in [0.1, 0.15) is 18.0 Å². The maximum Gasteiger partial charge on any atom is 0.406 e. The normalized spacial score (nSPS) is 12.1. The highest BCUT2D eigenvalue weighted by Crippen LogP contribution is 2.31. The van der Waals surface area contributed by atoms with Crippen LogP contribution in [0.2, 0.25) is 0 Å². The first-order valence-corrected chi connectivity index (χ1v) is 6.61. The van der Waals surface area contributed by atoms with Gasteiger partial charge in [0.15, 0.2) is 6.20 Å². The number of nitrogens with zero attached hydrogens (tertiary/aromatic N) is 3. The van der Waals surface area contributed by atoms with Crippen molar-refractivity contribution in [3.63, 3.8) is 0 Å². The van der Waals surface area contributed by atoms with E-state index < -0.39 is 4.92 Å². The predicted octanol–water partition coefficient (Wildman–Crippen LogP) is 3.35. The molecule has 2 aromatic heterocycles. The molecule has 0 aromatic carbocycles. The Morgan fingerprint density at radius 1 is 1.56 bits per heavy atom. The number of aromatic nitrogens is 2. The average Bonchev–Trinajstić information content (AvgIpc) is 2.81. The largest absolute Gasteiger partial charge is 0.475 e. The Bertz CT molecular complexity index is 562. The van der Waals surface area contributed by atoms with Gasteiger partial charge in [-0.05, 0) is 32.8 Å². The molecule has 8 heteroatoms. The molecule has 18 heavy (non-hydrogen) atoms. The summed E-state index contributed by atoms with van der Waals surface area (Å²) in [7, 11) is 0. The summed E-state index contributed by atoms with van der Waals surface area (Å²) in [5.41, 5.74) is 0. The van der Waals surface area contributed by atoms with Gasteiger partial charge in [-0.2, -0.15) is 0 Å². The lowest BCUT2D eigenvalue weighted by molar-refractivity contribution is -0.390. The van der Waals surface area contributed by atoms with Gasteiger partial charge in [0.1, 0.15) is 11.1 Å². The van der Waals surface area contributed by atoms with Crippen LogP contribution in [0.15, 0.2) is 28.3 Å². The summed E-state index contributed by atoms with van der Waals surface area (Å²) in [5, 5.41) is 13.4. The maximum atomic E-state index is 10.8. The third kappa shape index (κ3) is 2.82. The van der Waals surface area contributed by atoms with Gasteiger partial charge < -0.3 is 14.9 Å². The molecule has 1 atom stereocenters. The molecule has 0 saturated carbocycles. The minimum atomic E-state index is -0.573. The monoisotopic (exact) mass is 329 g/mol. The molecule has 6 nitrogen and oxygen atoms in total. The third-order valence-corrected chi connectivity index (χ3v) is 3.45. The summed E-state index contributed by atoms with van der Waals surface area (Å²) in [4.78, 5) is 18.1. The molecule has 0 saturated heterocycles. The van der Waals surface area contributed by atoms with E-state index in [0.717, 1.165) is 5.01 Å². The van der Waals surface area contributed by atoms with Crippen LogP contribution < -0.4 is 4.74 Å². The van der Waals surface area contributed by atoms with E-state index in [1.807, 2.05) is 5.38 Å². The number of thiazole rings is 1. The van der Waals surface area contributed by atoms with E-state index in [2.05, 4.69) is 25.9 Å². The van der Waals surface area contributed by atoms with Gasteiger partial charge in [-0.15, -0.1) is 11.3 Å². The first-order chi connectivity index (χ1) is 8.58. The Morgan fingerprint density at radius 3 is 2.94 bits per heavy atom. The zero-order valence-corrected chi connectivity index (χ0v) is 11.6. The van der Waals surface area contributed by atoms with Crippen LogP contribution in [0.3, 0.4) is 0 Å². The highest BCUT2D eigenvalue weighted by atomic mass is 79.9. The van der Waals surface area contributed by atoms with Gasteiger partial charge in [0, 0.05) is 17.6 Å². The van der Waals surface area contributed by atoms with Crippen LogP contribution in [0.4, 0.5) is 5.82 Å². The SMILES string of the molecule is C[C@@H](Oc1cc(Br)cnc1[N+](=O)[O-])c1nccs1. The van der Waals surface area contributed by atoms with E-state index in [9.17, 15) is 10.1 Å². The van der Waals surface area contributed by atoms with Gasteiger partial charge in [0.05, 0.1) is 4.47 Å². The first kappa shape index (κ1) is 12.9. The van der Waals surface area contributed by atoms with E-state index in [4.69, 9.17) is 4.74 Å². The Kier molecular flexibility index (Phi) is 3.87. The average molecular weight is 330 g/mol. The van der Waals surface area contributed by atoms with Crippen LogP contribution in [-0.4, -0.2) is 14.9 Å². The van der Waals surface area contributed by atoms with Gasteiger partial charge in [0.2, 0.25) is 5.75 Å². The Morgan fingerprint density at radius 2 is 2.33 bits per heavy atom. The standard InChI is InChI=1S/C10H8BrN3O3S/c1-6(10-12-2-3-18-10)17-8-4-7(11)5-13-9(8)14(15)16/h2-6H,1H3/t6-/m1/s1. The van der Waals surface area contributed by atoms with Crippen molar-refractivity contribution in [3.05, 3.63) is 43.4 Å². The lowest BCUT2D eigenvalue weighted by Gasteiger charge is -2.11. The number of nitro groups is 1. The van der Waals surface area contributed by atoms with Crippen LogP contribution >= 0.6 is 27.3 Å². The van der Waals surface area contributed by atoms with Gasteiger partial charge in [-0.1, -0.05) is 0 Å². The Balaban J connectivity index is 2.28.